The maximum Gasteiger partial charge on any atom is 0.253 e. The van der Waals surface area contributed by atoms with E-state index >= 15 is 0 Å². The summed E-state index contributed by atoms with van der Waals surface area (Å²) in [6.45, 7) is 6.76. The summed E-state index contributed by atoms with van der Waals surface area (Å²) in [4.78, 5) is 28.0. The number of hydrogen-bond acceptors (Lipinski definition) is 4. The molecule has 0 atom stereocenters. The summed E-state index contributed by atoms with van der Waals surface area (Å²) in [5.41, 5.74) is 1.02. The van der Waals surface area contributed by atoms with E-state index in [9.17, 15) is 9.59 Å². The molecule has 0 unspecified atom stereocenters. The maximum atomic E-state index is 12.5. The molecule has 6 nitrogen and oxygen atoms in total. The third-order valence-corrected chi connectivity index (χ3v) is 3.72. The van der Waals surface area contributed by atoms with Gasteiger partial charge in [-0.1, -0.05) is 6.07 Å². The molecule has 2 rings (SSSR count). The molecule has 1 saturated heterocycles. The van der Waals surface area contributed by atoms with Crippen LogP contribution in [0.5, 0.6) is 0 Å². The van der Waals surface area contributed by atoms with E-state index in [-0.39, 0.29) is 17.9 Å². The molecule has 1 fully saturated rings. The van der Waals surface area contributed by atoms with E-state index in [0.29, 0.717) is 43.9 Å². The van der Waals surface area contributed by atoms with Crippen LogP contribution >= 0.6 is 0 Å². The fourth-order valence-electron chi connectivity index (χ4n) is 2.58. The minimum atomic E-state index is -0.0617. The number of nitriles is 1. The van der Waals surface area contributed by atoms with Crippen molar-refractivity contribution in [1.82, 2.24) is 15.1 Å². The van der Waals surface area contributed by atoms with Gasteiger partial charge in [0.15, 0.2) is 0 Å². The van der Waals surface area contributed by atoms with Gasteiger partial charge in [0.2, 0.25) is 5.91 Å². The minimum Gasteiger partial charge on any atom is -0.353 e. The van der Waals surface area contributed by atoms with Gasteiger partial charge in [-0.2, -0.15) is 5.26 Å². The molecule has 0 radical (unpaired) electrons. The second-order valence-electron chi connectivity index (χ2n) is 5.98. The molecule has 0 spiro atoms. The van der Waals surface area contributed by atoms with Gasteiger partial charge in [0.25, 0.3) is 5.91 Å². The molecule has 0 saturated carbocycles. The lowest BCUT2D eigenvalue weighted by Gasteiger charge is -2.34. The quantitative estimate of drug-likeness (QED) is 0.893. The van der Waals surface area contributed by atoms with Crippen molar-refractivity contribution in [2.75, 3.05) is 32.7 Å². The predicted molar refractivity (Wildman–Crippen MR) is 86.8 cm³/mol. The first kappa shape index (κ1) is 17.0. The Morgan fingerprint density at radius 2 is 1.96 bits per heavy atom. The zero-order valence-corrected chi connectivity index (χ0v) is 13.6. The number of carbonyl (C=O) groups is 2. The maximum absolute atomic E-state index is 12.5. The van der Waals surface area contributed by atoms with Crippen LogP contribution in [0.2, 0.25) is 0 Å². The van der Waals surface area contributed by atoms with E-state index in [0.717, 1.165) is 0 Å². The molecule has 1 heterocycles. The molecule has 1 aliphatic heterocycles. The molecule has 6 heteroatoms. The third-order valence-electron chi connectivity index (χ3n) is 3.72. The highest BCUT2D eigenvalue weighted by Crippen LogP contribution is 2.10. The summed E-state index contributed by atoms with van der Waals surface area (Å²) >= 11 is 0. The first-order valence-electron chi connectivity index (χ1n) is 7.80. The number of rotatable bonds is 4. The molecule has 122 valence electrons. The molecular formula is C17H22N4O2. The van der Waals surface area contributed by atoms with Crippen LogP contribution in [-0.2, 0) is 4.79 Å². The van der Waals surface area contributed by atoms with Crippen molar-refractivity contribution in [3.63, 3.8) is 0 Å². The Kier molecular flexibility index (Phi) is 5.72. The second-order valence-corrected chi connectivity index (χ2v) is 5.98. The molecule has 0 aliphatic carbocycles. The monoisotopic (exact) mass is 314 g/mol. The summed E-state index contributed by atoms with van der Waals surface area (Å²) in [6.07, 6.45) is 0. The highest BCUT2D eigenvalue weighted by molar-refractivity contribution is 5.94. The van der Waals surface area contributed by atoms with Crippen molar-refractivity contribution >= 4 is 11.8 Å². The summed E-state index contributed by atoms with van der Waals surface area (Å²) in [5, 5.41) is 11.8. The number of piperazine rings is 1. The van der Waals surface area contributed by atoms with Crippen molar-refractivity contribution in [3.8, 4) is 6.07 Å². The lowest BCUT2D eigenvalue weighted by molar-refractivity contribution is -0.123. The number of carbonyl (C=O) groups excluding carboxylic acids is 2. The van der Waals surface area contributed by atoms with Crippen molar-refractivity contribution in [1.29, 1.82) is 5.26 Å². The fourth-order valence-corrected chi connectivity index (χ4v) is 2.58. The van der Waals surface area contributed by atoms with E-state index in [1.807, 2.05) is 24.8 Å². The molecular weight excluding hydrogens is 292 g/mol. The zero-order chi connectivity index (χ0) is 16.8. The van der Waals surface area contributed by atoms with Crippen molar-refractivity contribution < 1.29 is 9.59 Å². The van der Waals surface area contributed by atoms with E-state index in [2.05, 4.69) is 5.32 Å². The normalized spacial score (nSPS) is 15.3. The first-order chi connectivity index (χ1) is 11.0. The molecule has 1 N–H and O–H groups in total. The van der Waals surface area contributed by atoms with Crippen LogP contribution in [0.15, 0.2) is 24.3 Å². The van der Waals surface area contributed by atoms with Gasteiger partial charge in [0.1, 0.15) is 0 Å². The Labute approximate surface area is 136 Å². The van der Waals surface area contributed by atoms with Gasteiger partial charge < -0.3 is 10.2 Å². The van der Waals surface area contributed by atoms with Crippen LogP contribution in [0.3, 0.4) is 0 Å². The minimum absolute atomic E-state index is 0.0153. The van der Waals surface area contributed by atoms with Gasteiger partial charge in [-0.15, -0.1) is 0 Å². The number of hydrogen-bond donors (Lipinski definition) is 1. The van der Waals surface area contributed by atoms with Crippen molar-refractivity contribution in [2.24, 2.45) is 0 Å². The Morgan fingerprint density at radius 3 is 2.57 bits per heavy atom. The van der Waals surface area contributed by atoms with Crippen LogP contribution in [-0.4, -0.2) is 60.4 Å². The van der Waals surface area contributed by atoms with Gasteiger partial charge in [-0.25, -0.2) is 0 Å². The van der Waals surface area contributed by atoms with E-state index < -0.39 is 0 Å². The smallest absolute Gasteiger partial charge is 0.253 e. The molecule has 0 aromatic heterocycles. The first-order valence-corrected chi connectivity index (χ1v) is 7.80. The molecule has 1 aromatic rings. The van der Waals surface area contributed by atoms with Gasteiger partial charge >= 0.3 is 0 Å². The van der Waals surface area contributed by atoms with E-state index in [1.54, 1.807) is 29.2 Å². The molecule has 2 amide bonds. The highest BCUT2D eigenvalue weighted by atomic mass is 16.2. The van der Waals surface area contributed by atoms with E-state index in [1.165, 1.54) is 0 Å². The SMILES string of the molecule is CC(C)NC(=O)CN1CCN(C(=O)c2cccc(C#N)c2)CC1. The summed E-state index contributed by atoms with van der Waals surface area (Å²) < 4.78 is 0. The molecule has 1 aliphatic rings. The van der Waals surface area contributed by atoms with Crippen LogP contribution in [0.4, 0.5) is 0 Å². The molecule has 0 bridgehead atoms. The standard InChI is InChI=1S/C17H22N4O2/c1-13(2)19-16(22)12-20-6-8-21(9-7-20)17(23)15-5-3-4-14(10-15)11-18/h3-5,10,13H,6-9,12H2,1-2H3,(H,19,22). The van der Waals surface area contributed by atoms with Crippen LogP contribution in [0.1, 0.15) is 29.8 Å². The Morgan fingerprint density at radius 1 is 1.26 bits per heavy atom. The highest BCUT2D eigenvalue weighted by Gasteiger charge is 2.23. The van der Waals surface area contributed by atoms with Crippen LogP contribution in [0.25, 0.3) is 0 Å². The number of nitrogens with zero attached hydrogens (tertiary/aromatic N) is 3. The fraction of sp³-hybridized carbons (Fsp3) is 0.471. The topological polar surface area (TPSA) is 76.4 Å². The summed E-state index contributed by atoms with van der Waals surface area (Å²) in [7, 11) is 0. The van der Waals surface area contributed by atoms with Crippen molar-refractivity contribution in [2.45, 2.75) is 19.9 Å². The molecule has 23 heavy (non-hydrogen) atoms. The van der Waals surface area contributed by atoms with E-state index in [4.69, 9.17) is 5.26 Å². The van der Waals surface area contributed by atoms with Gasteiger partial charge in [0, 0.05) is 37.8 Å². The van der Waals surface area contributed by atoms with Crippen LogP contribution in [0, 0.1) is 11.3 Å². The third kappa shape index (κ3) is 4.80. The predicted octanol–water partition coefficient (Wildman–Crippen LogP) is 0.841. The largest absolute Gasteiger partial charge is 0.353 e. The molecule has 1 aromatic carbocycles. The average Bonchev–Trinajstić information content (AvgIpc) is 2.54. The average molecular weight is 314 g/mol. The van der Waals surface area contributed by atoms with Crippen molar-refractivity contribution in [3.05, 3.63) is 35.4 Å². The summed E-state index contributed by atoms with van der Waals surface area (Å²) in [5.74, 6) is -0.0464. The zero-order valence-electron chi connectivity index (χ0n) is 13.6. The summed E-state index contributed by atoms with van der Waals surface area (Å²) in [6, 6.07) is 8.93. The Bertz CT molecular complexity index is 613. The van der Waals surface area contributed by atoms with Gasteiger partial charge in [-0.3, -0.25) is 14.5 Å². The van der Waals surface area contributed by atoms with Gasteiger partial charge in [-0.05, 0) is 32.0 Å². The lowest BCUT2D eigenvalue weighted by atomic mass is 10.1. The van der Waals surface area contributed by atoms with Crippen LogP contribution < -0.4 is 5.32 Å². The Hall–Kier alpha value is -2.39. The Balaban J connectivity index is 1.87. The number of nitrogens with one attached hydrogen (secondary N) is 1. The lowest BCUT2D eigenvalue weighted by Crippen LogP contribution is -2.51. The van der Waals surface area contributed by atoms with Gasteiger partial charge in [0.05, 0.1) is 18.2 Å². The number of amides is 2. The second kappa shape index (κ2) is 7.75. The number of benzene rings is 1.